The Morgan fingerprint density at radius 2 is 0.967 bits per heavy atom. The molecule has 0 aliphatic carbocycles. The number of rotatable bonds is 5. The highest BCUT2D eigenvalue weighted by Crippen LogP contribution is 2.51. The second kappa shape index (κ2) is 13.4. The van der Waals surface area contributed by atoms with Gasteiger partial charge in [0, 0.05) is 48.0 Å². The first-order valence-corrected chi connectivity index (χ1v) is 21.5. The van der Waals surface area contributed by atoms with Crippen LogP contribution in [0.1, 0.15) is 0 Å². The number of hydrogen-bond donors (Lipinski definition) is 0. The molecule has 9 aromatic carbocycles. The molecule has 5 heteroatoms. The summed E-state index contributed by atoms with van der Waals surface area (Å²) in [5.41, 5.74) is 15.9. The van der Waals surface area contributed by atoms with Gasteiger partial charge in [-0.25, -0.2) is 9.97 Å². The molecule has 0 unspecified atom stereocenters. The van der Waals surface area contributed by atoms with Crippen molar-refractivity contribution in [2.24, 2.45) is 0 Å². The van der Waals surface area contributed by atoms with E-state index in [0.29, 0.717) is 5.95 Å². The lowest BCUT2D eigenvalue weighted by atomic mass is 9.99. The maximum Gasteiger partial charge on any atom is 0.235 e. The van der Waals surface area contributed by atoms with Crippen molar-refractivity contribution in [1.82, 2.24) is 19.1 Å². The van der Waals surface area contributed by atoms with Gasteiger partial charge in [-0.2, -0.15) is 0 Å². The highest BCUT2D eigenvalue weighted by molar-refractivity contribution is 8.00. The van der Waals surface area contributed by atoms with Crippen molar-refractivity contribution in [3.05, 3.63) is 206 Å². The summed E-state index contributed by atoms with van der Waals surface area (Å²) in [4.78, 5) is 13.2. The van der Waals surface area contributed by atoms with Crippen LogP contribution in [0.5, 0.6) is 0 Å². The summed E-state index contributed by atoms with van der Waals surface area (Å²) in [6.07, 6.45) is 0. The summed E-state index contributed by atoms with van der Waals surface area (Å²) < 4.78 is 4.67. The quantitative estimate of drug-likeness (QED) is 0.174. The average molecular weight is 795 g/mol. The third-order valence-electron chi connectivity index (χ3n) is 12.3. The molecule has 284 valence electrons. The van der Waals surface area contributed by atoms with E-state index >= 15 is 0 Å². The van der Waals surface area contributed by atoms with Gasteiger partial charge in [0.15, 0.2) is 0 Å². The third kappa shape index (κ3) is 5.27. The molecule has 0 saturated heterocycles. The Labute approximate surface area is 356 Å². The van der Waals surface area contributed by atoms with Crippen LogP contribution in [0.4, 0.5) is 0 Å². The van der Waals surface area contributed by atoms with Crippen LogP contribution in [0.2, 0.25) is 0 Å². The second-order valence-electron chi connectivity index (χ2n) is 15.8. The molecule has 4 nitrogen and oxygen atoms in total. The Morgan fingerprint density at radius 1 is 0.361 bits per heavy atom. The molecule has 0 N–H and O–H groups in total. The fourth-order valence-corrected chi connectivity index (χ4v) is 10.8. The Morgan fingerprint density at radius 3 is 1.80 bits per heavy atom. The topological polar surface area (TPSA) is 35.6 Å². The molecule has 12 aromatic rings. The van der Waals surface area contributed by atoms with Crippen LogP contribution in [0.3, 0.4) is 0 Å². The van der Waals surface area contributed by atoms with E-state index < -0.39 is 0 Å². The summed E-state index contributed by atoms with van der Waals surface area (Å²) in [6.45, 7) is 0. The Hall–Kier alpha value is -7.73. The van der Waals surface area contributed by atoms with Gasteiger partial charge in [0.2, 0.25) is 5.95 Å². The Bertz CT molecular complexity index is 3730. The monoisotopic (exact) mass is 794 g/mol. The highest BCUT2D eigenvalue weighted by atomic mass is 32.2. The number of hydrogen-bond acceptors (Lipinski definition) is 3. The van der Waals surface area contributed by atoms with Crippen LogP contribution >= 0.6 is 11.8 Å². The fourth-order valence-electron chi connectivity index (χ4n) is 9.56. The van der Waals surface area contributed by atoms with Crippen LogP contribution in [0, 0.1) is 0 Å². The first kappa shape index (κ1) is 34.2. The summed E-state index contributed by atoms with van der Waals surface area (Å²) in [6, 6.07) is 74.4. The van der Waals surface area contributed by atoms with E-state index in [4.69, 9.17) is 9.97 Å². The molecule has 0 atom stereocenters. The molecule has 1 aliphatic rings. The van der Waals surface area contributed by atoms with Gasteiger partial charge in [0.1, 0.15) is 0 Å². The van der Waals surface area contributed by atoms with Gasteiger partial charge in [0.05, 0.1) is 33.3 Å². The zero-order valence-corrected chi connectivity index (χ0v) is 33.6. The lowest BCUT2D eigenvalue weighted by Crippen LogP contribution is -2.06. The van der Waals surface area contributed by atoms with Crippen molar-refractivity contribution < 1.29 is 0 Å². The Balaban J connectivity index is 0.985. The van der Waals surface area contributed by atoms with E-state index in [1.807, 2.05) is 11.8 Å². The van der Waals surface area contributed by atoms with Crippen molar-refractivity contribution in [2.45, 2.75) is 9.79 Å². The van der Waals surface area contributed by atoms with Crippen LogP contribution < -0.4 is 0 Å². The number of para-hydroxylation sites is 2. The van der Waals surface area contributed by atoms with Crippen molar-refractivity contribution in [3.63, 3.8) is 0 Å². The zero-order chi connectivity index (χ0) is 40.0. The minimum Gasteiger partial charge on any atom is -0.309 e. The van der Waals surface area contributed by atoms with Gasteiger partial charge in [-0.15, -0.1) is 0 Å². The third-order valence-corrected chi connectivity index (χ3v) is 13.5. The SMILES string of the molecule is c1ccc(-c2cccc(-n3c4ccccc4c4ccc(-c5ccc6c(c5)c5ccccc5n6-c5nc6c7c(cccc7n5)Sc5c(-c7ccccc7)cccc5-6)cc43)c2)cc1. The van der Waals surface area contributed by atoms with Gasteiger partial charge in [-0.05, 0) is 88.0 Å². The molecule has 0 radical (unpaired) electrons. The predicted molar refractivity (Wildman–Crippen MR) is 254 cm³/mol. The Kier molecular flexibility index (Phi) is 7.50. The molecule has 61 heavy (non-hydrogen) atoms. The van der Waals surface area contributed by atoms with Gasteiger partial charge >= 0.3 is 0 Å². The maximum absolute atomic E-state index is 5.49. The fraction of sp³-hybridized carbons (Fsp3) is 0. The number of fused-ring (bicyclic) bond motifs is 8. The van der Waals surface area contributed by atoms with Crippen molar-refractivity contribution in [3.8, 4) is 56.3 Å². The lowest BCUT2D eigenvalue weighted by Gasteiger charge is -2.22. The minimum atomic E-state index is 0.672. The van der Waals surface area contributed by atoms with Crippen molar-refractivity contribution in [2.75, 3.05) is 0 Å². The molecular weight excluding hydrogens is 761 g/mol. The summed E-state index contributed by atoms with van der Waals surface area (Å²) in [5, 5.41) is 5.92. The molecule has 3 aromatic heterocycles. The zero-order valence-electron chi connectivity index (χ0n) is 32.8. The van der Waals surface area contributed by atoms with Crippen molar-refractivity contribution >= 4 is 66.3 Å². The molecule has 0 bridgehead atoms. The number of benzene rings is 9. The van der Waals surface area contributed by atoms with Crippen LogP contribution in [0.25, 0.3) is 111 Å². The van der Waals surface area contributed by atoms with Gasteiger partial charge < -0.3 is 4.57 Å². The molecule has 0 spiro atoms. The maximum atomic E-state index is 5.49. The van der Waals surface area contributed by atoms with E-state index in [1.165, 1.54) is 59.2 Å². The molecular formula is C56H34N4S. The molecule has 13 rings (SSSR count). The van der Waals surface area contributed by atoms with Gasteiger partial charge in [-0.3, -0.25) is 4.57 Å². The minimum absolute atomic E-state index is 0.672. The molecule has 0 saturated carbocycles. The number of nitrogens with zero attached hydrogens (tertiary/aromatic N) is 4. The second-order valence-corrected chi connectivity index (χ2v) is 16.8. The first-order valence-electron chi connectivity index (χ1n) is 20.7. The smallest absolute Gasteiger partial charge is 0.235 e. The van der Waals surface area contributed by atoms with Gasteiger partial charge in [-0.1, -0.05) is 163 Å². The van der Waals surface area contributed by atoms with Crippen LogP contribution in [0.15, 0.2) is 216 Å². The largest absolute Gasteiger partial charge is 0.309 e. The normalized spacial score (nSPS) is 12.2. The van der Waals surface area contributed by atoms with E-state index in [-0.39, 0.29) is 0 Å². The van der Waals surface area contributed by atoms with E-state index in [2.05, 4.69) is 215 Å². The first-order chi connectivity index (χ1) is 30.2. The highest BCUT2D eigenvalue weighted by Gasteiger charge is 2.26. The molecule has 4 heterocycles. The van der Waals surface area contributed by atoms with E-state index in [1.54, 1.807) is 0 Å². The predicted octanol–water partition coefficient (Wildman–Crippen LogP) is 15.0. The summed E-state index contributed by atoms with van der Waals surface area (Å²) >= 11 is 1.82. The van der Waals surface area contributed by atoms with E-state index in [9.17, 15) is 0 Å². The molecule has 0 amide bonds. The lowest BCUT2D eigenvalue weighted by molar-refractivity contribution is 1.01. The van der Waals surface area contributed by atoms with E-state index in [0.717, 1.165) is 55.4 Å². The molecule has 1 aliphatic heterocycles. The molecule has 0 fully saturated rings. The average Bonchev–Trinajstić information content (AvgIpc) is 3.84. The summed E-state index contributed by atoms with van der Waals surface area (Å²) in [5.74, 6) is 0.672. The van der Waals surface area contributed by atoms with Gasteiger partial charge in [0.25, 0.3) is 0 Å². The standard InChI is InChI=1S/C56H34N4S/c1-3-14-35(15-4-1)37-18-11-19-40(32-37)59-48-25-9-7-20-42(48)44-30-28-39(34-51(44)59)38-29-31-50-46(33-38)43-21-8-10-26-49(43)60(50)56-57-47-24-13-27-52-53(47)54(58-56)45-23-12-22-41(55(45)61-52)36-16-5-2-6-17-36/h1-34H. The van der Waals surface area contributed by atoms with Crippen molar-refractivity contribution in [1.29, 1.82) is 0 Å². The number of aromatic nitrogens is 4. The van der Waals surface area contributed by atoms with Crippen LogP contribution in [-0.2, 0) is 0 Å². The van der Waals surface area contributed by atoms with Crippen LogP contribution in [-0.4, -0.2) is 19.1 Å². The summed E-state index contributed by atoms with van der Waals surface area (Å²) in [7, 11) is 0.